The molecular weight excluding hydrogens is 285 g/mol. The fourth-order valence-electron chi connectivity index (χ4n) is 0.980. The zero-order valence-corrected chi connectivity index (χ0v) is 9.50. The van der Waals surface area contributed by atoms with Gasteiger partial charge in [-0.05, 0) is 18.2 Å². The van der Waals surface area contributed by atoms with Gasteiger partial charge in [0.15, 0.2) is 0 Å². The second-order valence-electron chi connectivity index (χ2n) is 3.05. The van der Waals surface area contributed by atoms with Gasteiger partial charge in [-0.25, -0.2) is 4.39 Å². The van der Waals surface area contributed by atoms with E-state index < -0.39 is 18.3 Å². The number of carbonyl (C=O) groups excluding carboxylic acids is 1. The highest BCUT2D eigenvalue weighted by atomic mass is 35.5. The van der Waals surface area contributed by atoms with E-state index in [2.05, 4.69) is 0 Å². The molecule has 2 nitrogen and oxygen atoms in total. The van der Waals surface area contributed by atoms with E-state index in [-0.39, 0.29) is 15.7 Å². The number of alkyl halides is 4. The second-order valence-corrected chi connectivity index (χ2v) is 3.92. The first-order chi connectivity index (χ1) is 7.70. The van der Waals surface area contributed by atoms with Crippen LogP contribution in [-0.2, 0) is 4.79 Å². The van der Waals surface area contributed by atoms with E-state index >= 15 is 0 Å². The van der Waals surface area contributed by atoms with Gasteiger partial charge in [-0.3, -0.25) is 4.79 Å². The number of anilines is 1. The molecule has 0 heterocycles. The SMILES string of the molecule is O=C(Nc1cc(Cl)cc(Cl)c1)[C@@H](F)C(F)(F)F. The van der Waals surface area contributed by atoms with Gasteiger partial charge in [-0.2, -0.15) is 13.2 Å². The maximum absolute atomic E-state index is 12.6. The van der Waals surface area contributed by atoms with Gasteiger partial charge >= 0.3 is 6.18 Å². The quantitative estimate of drug-likeness (QED) is 0.824. The Hall–Kier alpha value is -1.01. The van der Waals surface area contributed by atoms with Crippen LogP contribution in [0.5, 0.6) is 0 Å². The molecule has 17 heavy (non-hydrogen) atoms. The van der Waals surface area contributed by atoms with Crippen LogP contribution in [-0.4, -0.2) is 18.3 Å². The van der Waals surface area contributed by atoms with Crippen LogP contribution in [0.25, 0.3) is 0 Å². The van der Waals surface area contributed by atoms with E-state index in [0.717, 1.165) is 12.1 Å². The molecule has 0 aliphatic carbocycles. The number of hydrogen-bond acceptors (Lipinski definition) is 1. The van der Waals surface area contributed by atoms with Crippen molar-refractivity contribution in [2.75, 3.05) is 5.32 Å². The molecule has 1 atom stereocenters. The highest BCUT2D eigenvalue weighted by Gasteiger charge is 2.45. The van der Waals surface area contributed by atoms with Crippen LogP contribution in [0.3, 0.4) is 0 Å². The summed E-state index contributed by atoms with van der Waals surface area (Å²) in [5.41, 5.74) is -0.112. The van der Waals surface area contributed by atoms with Gasteiger partial charge in [-0.15, -0.1) is 0 Å². The molecule has 0 spiro atoms. The number of carbonyl (C=O) groups is 1. The summed E-state index contributed by atoms with van der Waals surface area (Å²) < 4.78 is 48.2. The molecule has 0 saturated carbocycles. The van der Waals surface area contributed by atoms with Crippen LogP contribution in [0.2, 0.25) is 10.0 Å². The lowest BCUT2D eigenvalue weighted by atomic mass is 10.3. The third-order valence-corrected chi connectivity index (χ3v) is 2.08. The molecule has 0 aliphatic heterocycles. The Labute approximate surface area is 104 Å². The molecule has 0 bridgehead atoms. The predicted octanol–water partition coefficient (Wildman–Crippen LogP) is 3.83. The molecule has 1 rings (SSSR count). The lowest BCUT2D eigenvalue weighted by Gasteiger charge is -2.12. The van der Waals surface area contributed by atoms with Gasteiger partial charge in [0.25, 0.3) is 12.1 Å². The molecule has 0 aliphatic rings. The van der Waals surface area contributed by atoms with Crippen LogP contribution >= 0.6 is 23.2 Å². The number of amides is 1. The van der Waals surface area contributed by atoms with Gasteiger partial charge in [0.05, 0.1) is 0 Å². The molecule has 1 aromatic rings. The number of halogens is 6. The Morgan fingerprint density at radius 3 is 2.06 bits per heavy atom. The molecule has 1 amide bonds. The summed E-state index contributed by atoms with van der Waals surface area (Å²) in [5, 5.41) is 1.94. The summed E-state index contributed by atoms with van der Waals surface area (Å²) in [6.45, 7) is 0. The van der Waals surface area contributed by atoms with Crippen molar-refractivity contribution in [1.29, 1.82) is 0 Å². The van der Waals surface area contributed by atoms with E-state index in [1.807, 2.05) is 0 Å². The second kappa shape index (κ2) is 5.10. The highest BCUT2D eigenvalue weighted by Crippen LogP contribution is 2.26. The molecule has 1 N–H and O–H groups in total. The van der Waals surface area contributed by atoms with Crippen molar-refractivity contribution >= 4 is 34.8 Å². The van der Waals surface area contributed by atoms with Crippen molar-refractivity contribution in [3.8, 4) is 0 Å². The standard InChI is InChI=1S/C9H5Cl2F4NO/c10-4-1-5(11)3-6(2-4)16-8(17)7(12)9(13,14)15/h1-3,7H,(H,16,17)/t7-/m1/s1. The van der Waals surface area contributed by atoms with Crippen molar-refractivity contribution in [2.45, 2.75) is 12.3 Å². The fourth-order valence-corrected chi connectivity index (χ4v) is 1.51. The van der Waals surface area contributed by atoms with Crippen LogP contribution in [0.15, 0.2) is 18.2 Å². The van der Waals surface area contributed by atoms with Gasteiger partial charge in [-0.1, -0.05) is 23.2 Å². The maximum Gasteiger partial charge on any atom is 0.428 e. The average molecular weight is 290 g/mol. The monoisotopic (exact) mass is 289 g/mol. The van der Waals surface area contributed by atoms with Crippen LogP contribution < -0.4 is 5.32 Å². The number of benzene rings is 1. The Kier molecular flexibility index (Phi) is 4.21. The fraction of sp³-hybridized carbons (Fsp3) is 0.222. The van der Waals surface area contributed by atoms with Crippen molar-refractivity contribution in [2.24, 2.45) is 0 Å². The Morgan fingerprint density at radius 2 is 1.65 bits per heavy atom. The molecule has 0 radical (unpaired) electrons. The Balaban J connectivity index is 2.81. The summed E-state index contributed by atoms with van der Waals surface area (Å²) in [4.78, 5) is 10.9. The molecule has 1 aromatic carbocycles. The van der Waals surface area contributed by atoms with Gasteiger partial charge < -0.3 is 5.32 Å². The first kappa shape index (κ1) is 14.1. The first-order valence-corrected chi connectivity index (χ1v) is 4.93. The van der Waals surface area contributed by atoms with Gasteiger partial charge in [0, 0.05) is 15.7 Å². The van der Waals surface area contributed by atoms with Crippen LogP contribution in [0.4, 0.5) is 23.2 Å². The first-order valence-electron chi connectivity index (χ1n) is 4.18. The molecule has 0 saturated heterocycles. The Morgan fingerprint density at radius 1 is 1.18 bits per heavy atom. The highest BCUT2D eigenvalue weighted by molar-refractivity contribution is 6.35. The average Bonchev–Trinajstić information content (AvgIpc) is 2.13. The van der Waals surface area contributed by atoms with E-state index in [9.17, 15) is 22.4 Å². The molecular formula is C9H5Cl2F4NO. The van der Waals surface area contributed by atoms with E-state index in [0.29, 0.717) is 0 Å². The van der Waals surface area contributed by atoms with Gasteiger partial charge in [0.1, 0.15) is 0 Å². The smallest absolute Gasteiger partial charge is 0.323 e. The summed E-state index contributed by atoms with van der Waals surface area (Å²) in [7, 11) is 0. The number of hydrogen-bond donors (Lipinski definition) is 1. The minimum Gasteiger partial charge on any atom is -0.323 e. The lowest BCUT2D eigenvalue weighted by Crippen LogP contribution is -2.36. The molecule has 0 unspecified atom stereocenters. The largest absolute Gasteiger partial charge is 0.428 e. The molecule has 94 valence electrons. The van der Waals surface area contributed by atoms with Crippen LogP contribution in [0, 0.1) is 0 Å². The van der Waals surface area contributed by atoms with Crippen molar-refractivity contribution in [1.82, 2.24) is 0 Å². The normalized spacial score (nSPS) is 13.3. The summed E-state index contributed by atoms with van der Waals surface area (Å²) in [5.74, 6) is -1.82. The number of nitrogens with one attached hydrogen (secondary N) is 1. The summed E-state index contributed by atoms with van der Waals surface area (Å²) >= 11 is 11.1. The molecule has 8 heteroatoms. The summed E-state index contributed by atoms with van der Waals surface area (Å²) in [6, 6.07) is 3.61. The predicted molar refractivity (Wildman–Crippen MR) is 56.0 cm³/mol. The lowest BCUT2D eigenvalue weighted by molar-refractivity contribution is -0.183. The van der Waals surface area contributed by atoms with E-state index in [1.54, 1.807) is 5.32 Å². The van der Waals surface area contributed by atoms with Crippen molar-refractivity contribution in [3.63, 3.8) is 0 Å². The molecule has 0 aromatic heterocycles. The Bertz CT molecular complexity index is 415. The van der Waals surface area contributed by atoms with E-state index in [4.69, 9.17) is 23.2 Å². The van der Waals surface area contributed by atoms with E-state index in [1.165, 1.54) is 6.07 Å². The summed E-state index contributed by atoms with van der Waals surface area (Å²) in [6.07, 6.45) is -8.84. The third kappa shape index (κ3) is 4.05. The maximum atomic E-state index is 12.6. The topological polar surface area (TPSA) is 29.1 Å². The van der Waals surface area contributed by atoms with Gasteiger partial charge in [0.2, 0.25) is 0 Å². The zero-order valence-electron chi connectivity index (χ0n) is 7.99. The minimum atomic E-state index is -5.24. The third-order valence-electron chi connectivity index (χ3n) is 1.65. The zero-order chi connectivity index (χ0) is 13.2. The van der Waals surface area contributed by atoms with Crippen LogP contribution in [0.1, 0.15) is 0 Å². The molecule has 0 fully saturated rings. The van der Waals surface area contributed by atoms with Crippen molar-refractivity contribution < 1.29 is 22.4 Å². The minimum absolute atomic E-state index is 0.107. The number of rotatable bonds is 2. The van der Waals surface area contributed by atoms with Crippen molar-refractivity contribution in [3.05, 3.63) is 28.2 Å².